The summed E-state index contributed by atoms with van der Waals surface area (Å²) in [5, 5.41) is 6.75. The lowest BCUT2D eigenvalue weighted by Gasteiger charge is -2.31. The Labute approximate surface area is 218 Å². The smallest absolute Gasteiger partial charge is 0.191 e. The van der Waals surface area contributed by atoms with Crippen molar-refractivity contribution in [2.24, 2.45) is 4.99 Å². The van der Waals surface area contributed by atoms with Crippen LogP contribution in [0.25, 0.3) is 0 Å². The lowest BCUT2D eigenvalue weighted by Crippen LogP contribution is -2.41. The molecule has 0 spiro atoms. The molecule has 1 saturated heterocycles. The lowest BCUT2D eigenvalue weighted by atomic mass is 10.1. The minimum absolute atomic E-state index is 0. The summed E-state index contributed by atoms with van der Waals surface area (Å²) in [6.45, 7) is 11.6. The van der Waals surface area contributed by atoms with Crippen LogP contribution in [0, 0.1) is 0 Å². The number of hydrogen-bond donors (Lipinski definition) is 2. The van der Waals surface area contributed by atoms with Crippen LogP contribution in [0.3, 0.4) is 0 Å². The van der Waals surface area contributed by atoms with Gasteiger partial charge in [-0.05, 0) is 45.2 Å². The number of benzene rings is 1. The van der Waals surface area contributed by atoms with Gasteiger partial charge >= 0.3 is 0 Å². The van der Waals surface area contributed by atoms with Gasteiger partial charge in [-0.3, -0.25) is 9.89 Å². The van der Waals surface area contributed by atoms with Gasteiger partial charge in [0.05, 0.1) is 6.10 Å². The quantitative estimate of drug-likeness (QED) is 0.145. The molecule has 0 aromatic heterocycles. The predicted octanol–water partition coefficient (Wildman–Crippen LogP) is 3.20. The Hall–Kier alpha value is -0.940. The number of rotatable bonds is 15. The third-order valence-corrected chi connectivity index (χ3v) is 5.73. The van der Waals surface area contributed by atoms with Crippen molar-refractivity contribution in [2.75, 3.05) is 73.2 Å². The molecule has 2 N–H and O–H groups in total. The summed E-state index contributed by atoms with van der Waals surface area (Å²) in [4.78, 5) is 9.54. The molecule has 0 atom stereocenters. The molecule has 190 valence electrons. The van der Waals surface area contributed by atoms with E-state index in [-0.39, 0.29) is 24.0 Å². The Morgan fingerprint density at radius 1 is 1.09 bits per heavy atom. The topological polar surface area (TPSA) is 61.4 Å². The molecule has 0 bridgehead atoms. The molecule has 0 saturated carbocycles. The molecular formula is C25H46IN5O2. The van der Waals surface area contributed by atoms with Crippen LogP contribution in [-0.2, 0) is 16.0 Å². The number of ether oxygens (including phenoxy) is 2. The van der Waals surface area contributed by atoms with E-state index in [1.807, 2.05) is 0 Å². The number of nitrogens with zero attached hydrogens (tertiary/aromatic N) is 3. The number of piperidine rings is 1. The van der Waals surface area contributed by atoms with E-state index in [4.69, 9.17) is 14.5 Å². The van der Waals surface area contributed by atoms with Gasteiger partial charge in [0.1, 0.15) is 0 Å². The van der Waals surface area contributed by atoms with Crippen LogP contribution in [0.4, 0.5) is 0 Å². The molecule has 0 radical (unpaired) electrons. The van der Waals surface area contributed by atoms with E-state index >= 15 is 0 Å². The number of hydrogen-bond acceptors (Lipinski definition) is 5. The first-order valence-corrected chi connectivity index (χ1v) is 12.3. The van der Waals surface area contributed by atoms with Gasteiger partial charge in [-0.15, -0.1) is 24.0 Å². The van der Waals surface area contributed by atoms with E-state index in [2.05, 4.69) is 64.7 Å². The average molecular weight is 576 g/mol. The van der Waals surface area contributed by atoms with Gasteiger partial charge in [-0.2, -0.15) is 0 Å². The van der Waals surface area contributed by atoms with Gasteiger partial charge in [0.15, 0.2) is 5.96 Å². The van der Waals surface area contributed by atoms with E-state index in [0.29, 0.717) is 6.10 Å². The largest absolute Gasteiger partial charge is 0.385 e. The maximum atomic E-state index is 6.13. The monoisotopic (exact) mass is 575 g/mol. The maximum Gasteiger partial charge on any atom is 0.191 e. The molecule has 33 heavy (non-hydrogen) atoms. The third kappa shape index (κ3) is 14.1. The highest BCUT2D eigenvalue weighted by molar-refractivity contribution is 14.0. The summed E-state index contributed by atoms with van der Waals surface area (Å²) in [7, 11) is 3.90. The van der Waals surface area contributed by atoms with Crippen molar-refractivity contribution in [2.45, 2.75) is 45.3 Å². The zero-order valence-electron chi connectivity index (χ0n) is 20.9. The molecule has 1 heterocycles. The Balaban J connectivity index is 0.00000544. The molecule has 0 unspecified atom stereocenters. The summed E-state index contributed by atoms with van der Waals surface area (Å²) < 4.78 is 11.2. The zero-order valence-corrected chi connectivity index (χ0v) is 23.3. The summed E-state index contributed by atoms with van der Waals surface area (Å²) in [5.41, 5.74) is 1.40. The first-order chi connectivity index (χ1) is 15.7. The van der Waals surface area contributed by atoms with E-state index in [9.17, 15) is 0 Å². The second kappa shape index (κ2) is 19.4. The van der Waals surface area contributed by atoms with Crippen LogP contribution >= 0.6 is 24.0 Å². The molecule has 1 aliphatic rings. The molecule has 1 aromatic carbocycles. The van der Waals surface area contributed by atoms with Crippen molar-refractivity contribution in [1.82, 2.24) is 20.4 Å². The van der Waals surface area contributed by atoms with Crippen molar-refractivity contribution >= 4 is 29.9 Å². The number of methoxy groups -OCH3 is 1. The molecular weight excluding hydrogens is 529 g/mol. The van der Waals surface area contributed by atoms with Crippen molar-refractivity contribution in [1.29, 1.82) is 0 Å². The molecule has 8 heteroatoms. The molecule has 1 fully saturated rings. The van der Waals surface area contributed by atoms with Crippen LogP contribution in [-0.4, -0.2) is 95.0 Å². The standard InChI is InChI=1S/C25H45N5O2.HI/c1-4-26-25(28-15-19-29(2)16-9-20-31-3)27-14-8-21-32-24-12-17-30(18-13-24)22-23-10-6-5-7-11-23;/h5-7,10-11,24H,4,8-9,12-22H2,1-3H3,(H2,26,27,28);1H. The van der Waals surface area contributed by atoms with Gasteiger partial charge in [0.2, 0.25) is 0 Å². The number of likely N-dealkylation sites (tertiary alicyclic amines) is 1. The van der Waals surface area contributed by atoms with Crippen LogP contribution in [0.5, 0.6) is 0 Å². The minimum Gasteiger partial charge on any atom is -0.385 e. The van der Waals surface area contributed by atoms with Gasteiger partial charge in [-0.25, -0.2) is 0 Å². The number of halogens is 1. The molecule has 1 aliphatic heterocycles. The average Bonchev–Trinajstić information content (AvgIpc) is 2.81. The highest BCUT2D eigenvalue weighted by Gasteiger charge is 2.19. The number of likely N-dealkylation sites (N-methyl/N-ethyl adjacent to an activating group) is 1. The predicted molar refractivity (Wildman–Crippen MR) is 149 cm³/mol. The summed E-state index contributed by atoms with van der Waals surface area (Å²) in [6.07, 6.45) is 4.66. The van der Waals surface area contributed by atoms with Crippen molar-refractivity contribution in [3.63, 3.8) is 0 Å². The second-order valence-corrected chi connectivity index (χ2v) is 8.52. The fourth-order valence-electron chi connectivity index (χ4n) is 3.88. The summed E-state index contributed by atoms with van der Waals surface area (Å²) in [6, 6.07) is 10.7. The Morgan fingerprint density at radius 2 is 1.85 bits per heavy atom. The molecule has 1 aromatic rings. The molecule has 7 nitrogen and oxygen atoms in total. The summed E-state index contributed by atoms with van der Waals surface area (Å²) in [5.74, 6) is 0.895. The van der Waals surface area contributed by atoms with Crippen LogP contribution < -0.4 is 10.6 Å². The van der Waals surface area contributed by atoms with Crippen LogP contribution in [0.15, 0.2) is 35.3 Å². The number of guanidine groups is 1. The Kier molecular flexibility index (Phi) is 17.7. The van der Waals surface area contributed by atoms with E-state index in [1.165, 1.54) is 5.56 Å². The van der Waals surface area contributed by atoms with Crippen LogP contribution in [0.1, 0.15) is 38.2 Å². The highest BCUT2D eigenvalue weighted by Crippen LogP contribution is 2.16. The van der Waals surface area contributed by atoms with Crippen molar-refractivity contribution in [3.8, 4) is 0 Å². The van der Waals surface area contributed by atoms with Gasteiger partial charge < -0.3 is 25.0 Å². The van der Waals surface area contributed by atoms with Crippen LogP contribution in [0.2, 0.25) is 0 Å². The van der Waals surface area contributed by atoms with E-state index in [0.717, 1.165) is 97.2 Å². The van der Waals surface area contributed by atoms with Crippen molar-refractivity contribution in [3.05, 3.63) is 35.9 Å². The second-order valence-electron chi connectivity index (χ2n) is 8.52. The van der Waals surface area contributed by atoms with Crippen molar-refractivity contribution < 1.29 is 9.47 Å². The van der Waals surface area contributed by atoms with Gasteiger partial charge in [-0.1, -0.05) is 30.3 Å². The minimum atomic E-state index is 0. The normalized spacial score (nSPS) is 15.5. The lowest BCUT2D eigenvalue weighted by molar-refractivity contribution is 0.00566. The molecule has 2 rings (SSSR count). The third-order valence-electron chi connectivity index (χ3n) is 5.73. The fraction of sp³-hybridized carbons (Fsp3) is 0.720. The number of nitrogens with one attached hydrogen (secondary N) is 2. The first kappa shape index (κ1) is 30.1. The van der Waals surface area contributed by atoms with E-state index < -0.39 is 0 Å². The highest BCUT2D eigenvalue weighted by atomic mass is 127. The Morgan fingerprint density at radius 3 is 2.55 bits per heavy atom. The molecule has 0 aliphatic carbocycles. The molecule has 0 amide bonds. The summed E-state index contributed by atoms with van der Waals surface area (Å²) >= 11 is 0. The van der Waals surface area contributed by atoms with Gasteiger partial charge in [0.25, 0.3) is 0 Å². The maximum absolute atomic E-state index is 6.13. The van der Waals surface area contributed by atoms with E-state index in [1.54, 1.807) is 7.11 Å². The zero-order chi connectivity index (χ0) is 22.9. The SMILES string of the molecule is CCNC(=NCCCOC1CCN(Cc2ccccc2)CC1)NCCN(C)CCCOC.I. The number of aliphatic imine (C=N–C) groups is 1. The van der Waals surface area contributed by atoms with Gasteiger partial charge in [0, 0.05) is 72.7 Å². The Bertz CT molecular complexity index is 612. The fourth-order valence-corrected chi connectivity index (χ4v) is 3.88. The first-order valence-electron chi connectivity index (χ1n) is 12.3.